The molecule has 2 N–H and O–H groups in total. The molecule has 0 saturated carbocycles. The van der Waals surface area contributed by atoms with Gasteiger partial charge in [0, 0.05) is 17.3 Å². The van der Waals surface area contributed by atoms with Crippen molar-refractivity contribution in [2.24, 2.45) is 5.92 Å². The summed E-state index contributed by atoms with van der Waals surface area (Å²) in [5.41, 5.74) is 2.38. The molecule has 17 heavy (non-hydrogen) atoms. The Labute approximate surface area is 110 Å². The van der Waals surface area contributed by atoms with Gasteiger partial charge in [0.2, 0.25) is 0 Å². The second-order valence-electron chi connectivity index (χ2n) is 4.84. The first kappa shape index (κ1) is 14.3. The average molecular weight is 255 g/mol. The molecule has 3 heteroatoms. The van der Waals surface area contributed by atoms with Crippen LogP contribution in [0.2, 0.25) is 5.02 Å². The van der Waals surface area contributed by atoms with Gasteiger partial charge in [0.1, 0.15) is 0 Å². The molecule has 0 fully saturated rings. The van der Waals surface area contributed by atoms with Crippen molar-refractivity contribution in [3.05, 3.63) is 28.8 Å². The van der Waals surface area contributed by atoms with E-state index in [2.05, 4.69) is 31.4 Å². The maximum absolute atomic E-state index is 5.96. The Hall–Kier alpha value is -0.730. The van der Waals surface area contributed by atoms with Crippen molar-refractivity contribution in [3.8, 4) is 0 Å². The van der Waals surface area contributed by atoms with Crippen molar-refractivity contribution in [1.29, 1.82) is 0 Å². The fourth-order valence-corrected chi connectivity index (χ4v) is 1.78. The highest BCUT2D eigenvalue weighted by atomic mass is 35.5. The largest absolute Gasteiger partial charge is 0.385 e. The van der Waals surface area contributed by atoms with Gasteiger partial charge in [-0.3, -0.25) is 0 Å². The molecule has 0 aliphatic rings. The Kier molecular flexibility index (Phi) is 6.38. The van der Waals surface area contributed by atoms with Gasteiger partial charge >= 0.3 is 0 Å². The molecule has 2 nitrogen and oxygen atoms in total. The van der Waals surface area contributed by atoms with E-state index in [-0.39, 0.29) is 0 Å². The first-order valence-electron chi connectivity index (χ1n) is 6.30. The number of rotatable bonds is 7. The van der Waals surface area contributed by atoms with Crippen LogP contribution >= 0.6 is 11.6 Å². The number of halogens is 1. The van der Waals surface area contributed by atoms with Gasteiger partial charge in [-0.1, -0.05) is 31.5 Å². The van der Waals surface area contributed by atoms with E-state index in [1.165, 1.54) is 5.56 Å². The Morgan fingerprint density at radius 1 is 1.24 bits per heavy atom. The van der Waals surface area contributed by atoms with Crippen LogP contribution in [-0.4, -0.2) is 19.6 Å². The first-order chi connectivity index (χ1) is 8.09. The second-order valence-corrected chi connectivity index (χ2v) is 5.27. The Morgan fingerprint density at radius 2 is 2.00 bits per heavy atom. The summed E-state index contributed by atoms with van der Waals surface area (Å²) in [5, 5.41) is 7.64. The molecule has 1 aromatic carbocycles. The molecule has 0 spiro atoms. The summed E-state index contributed by atoms with van der Waals surface area (Å²) in [6, 6.07) is 5.95. The minimum absolute atomic E-state index is 0.720. The second kappa shape index (κ2) is 7.57. The van der Waals surface area contributed by atoms with Crippen LogP contribution in [0.15, 0.2) is 18.2 Å². The molecule has 1 rings (SSSR count). The van der Waals surface area contributed by atoms with Crippen LogP contribution in [0.4, 0.5) is 5.69 Å². The van der Waals surface area contributed by atoms with E-state index in [9.17, 15) is 0 Å². The van der Waals surface area contributed by atoms with Crippen LogP contribution in [0, 0.1) is 12.8 Å². The van der Waals surface area contributed by atoms with Crippen LogP contribution in [0.3, 0.4) is 0 Å². The standard InChI is InChI=1S/C14H23ClN2/c1-11(2)10-16-7-4-8-17-14-9-13(15)6-5-12(14)3/h5-6,9,11,16-17H,4,7-8,10H2,1-3H3. The third-order valence-corrected chi connectivity index (χ3v) is 2.83. The number of hydrogen-bond acceptors (Lipinski definition) is 2. The highest BCUT2D eigenvalue weighted by Gasteiger charge is 1.98. The van der Waals surface area contributed by atoms with E-state index in [0.717, 1.165) is 42.7 Å². The molecule has 1 aromatic rings. The molecule has 0 amide bonds. The van der Waals surface area contributed by atoms with Gasteiger partial charge < -0.3 is 10.6 Å². The fraction of sp³-hybridized carbons (Fsp3) is 0.571. The molecule has 0 saturated heterocycles. The van der Waals surface area contributed by atoms with E-state index in [1.54, 1.807) is 0 Å². The molecule has 0 aromatic heterocycles. The lowest BCUT2D eigenvalue weighted by atomic mass is 10.2. The highest BCUT2D eigenvalue weighted by molar-refractivity contribution is 6.30. The normalized spacial score (nSPS) is 10.9. The molecule has 0 bridgehead atoms. The Balaban J connectivity index is 2.20. The lowest BCUT2D eigenvalue weighted by Crippen LogP contribution is -2.22. The number of hydrogen-bond donors (Lipinski definition) is 2. The fourth-order valence-electron chi connectivity index (χ4n) is 1.61. The Morgan fingerprint density at radius 3 is 2.71 bits per heavy atom. The highest BCUT2D eigenvalue weighted by Crippen LogP contribution is 2.19. The average Bonchev–Trinajstić information content (AvgIpc) is 2.27. The smallest absolute Gasteiger partial charge is 0.0426 e. The van der Waals surface area contributed by atoms with Gasteiger partial charge in [-0.05, 0) is 50.0 Å². The maximum atomic E-state index is 5.96. The van der Waals surface area contributed by atoms with Gasteiger partial charge in [-0.15, -0.1) is 0 Å². The monoisotopic (exact) mass is 254 g/mol. The topological polar surface area (TPSA) is 24.1 Å². The molecule has 0 unspecified atom stereocenters. The predicted molar refractivity (Wildman–Crippen MR) is 77.0 cm³/mol. The van der Waals surface area contributed by atoms with Gasteiger partial charge in [-0.25, -0.2) is 0 Å². The number of benzene rings is 1. The predicted octanol–water partition coefficient (Wildman–Crippen LogP) is 3.70. The summed E-state index contributed by atoms with van der Waals surface area (Å²) in [6.07, 6.45) is 1.12. The van der Waals surface area contributed by atoms with Gasteiger partial charge in [0.05, 0.1) is 0 Å². The third-order valence-electron chi connectivity index (χ3n) is 2.60. The molecule has 96 valence electrons. The van der Waals surface area contributed by atoms with Crippen molar-refractivity contribution in [1.82, 2.24) is 5.32 Å². The Bertz CT molecular complexity index is 337. The molecule has 0 aliphatic heterocycles. The quantitative estimate of drug-likeness (QED) is 0.725. The first-order valence-corrected chi connectivity index (χ1v) is 6.68. The zero-order valence-corrected chi connectivity index (χ0v) is 11.8. The molecule has 0 radical (unpaired) electrons. The SMILES string of the molecule is Cc1ccc(Cl)cc1NCCCNCC(C)C. The van der Waals surface area contributed by atoms with E-state index >= 15 is 0 Å². The number of anilines is 1. The minimum Gasteiger partial charge on any atom is -0.385 e. The van der Waals surface area contributed by atoms with Crippen LogP contribution in [0.1, 0.15) is 25.8 Å². The van der Waals surface area contributed by atoms with Crippen molar-refractivity contribution in [3.63, 3.8) is 0 Å². The zero-order chi connectivity index (χ0) is 12.7. The lowest BCUT2D eigenvalue weighted by molar-refractivity contribution is 0.547. The van der Waals surface area contributed by atoms with Crippen LogP contribution in [0.5, 0.6) is 0 Å². The van der Waals surface area contributed by atoms with Crippen molar-refractivity contribution < 1.29 is 0 Å². The molecule has 0 heterocycles. The van der Waals surface area contributed by atoms with Gasteiger partial charge in [0.15, 0.2) is 0 Å². The van der Waals surface area contributed by atoms with E-state index < -0.39 is 0 Å². The summed E-state index contributed by atoms with van der Waals surface area (Å²) in [4.78, 5) is 0. The summed E-state index contributed by atoms with van der Waals surface area (Å²) in [5.74, 6) is 0.720. The van der Waals surface area contributed by atoms with E-state index in [0.29, 0.717) is 0 Å². The van der Waals surface area contributed by atoms with Crippen molar-refractivity contribution in [2.45, 2.75) is 27.2 Å². The molecular weight excluding hydrogens is 232 g/mol. The molecular formula is C14H23ClN2. The third kappa shape index (κ3) is 5.94. The van der Waals surface area contributed by atoms with Gasteiger partial charge in [0.25, 0.3) is 0 Å². The summed E-state index contributed by atoms with van der Waals surface area (Å²) in [7, 11) is 0. The van der Waals surface area contributed by atoms with E-state index in [1.807, 2.05) is 18.2 Å². The number of nitrogens with one attached hydrogen (secondary N) is 2. The zero-order valence-electron chi connectivity index (χ0n) is 11.0. The van der Waals surface area contributed by atoms with Crippen LogP contribution in [0.25, 0.3) is 0 Å². The molecule has 0 atom stereocenters. The summed E-state index contributed by atoms with van der Waals surface area (Å²) >= 11 is 5.96. The van der Waals surface area contributed by atoms with Gasteiger partial charge in [-0.2, -0.15) is 0 Å². The van der Waals surface area contributed by atoms with Crippen molar-refractivity contribution in [2.75, 3.05) is 25.0 Å². The maximum Gasteiger partial charge on any atom is 0.0426 e. The molecule has 0 aliphatic carbocycles. The van der Waals surface area contributed by atoms with E-state index in [4.69, 9.17) is 11.6 Å². The minimum atomic E-state index is 0.720. The summed E-state index contributed by atoms with van der Waals surface area (Å²) in [6.45, 7) is 9.67. The number of aryl methyl sites for hydroxylation is 1. The van der Waals surface area contributed by atoms with Crippen LogP contribution < -0.4 is 10.6 Å². The summed E-state index contributed by atoms with van der Waals surface area (Å²) < 4.78 is 0. The lowest BCUT2D eigenvalue weighted by Gasteiger charge is -2.11. The van der Waals surface area contributed by atoms with Crippen molar-refractivity contribution >= 4 is 17.3 Å². The van der Waals surface area contributed by atoms with Crippen LogP contribution in [-0.2, 0) is 0 Å².